The van der Waals surface area contributed by atoms with Crippen LogP contribution in [0.3, 0.4) is 0 Å². The summed E-state index contributed by atoms with van der Waals surface area (Å²) in [4.78, 5) is 0. The van der Waals surface area contributed by atoms with E-state index in [4.69, 9.17) is 5.73 Å². The zero-order valence-electron chi connectivity index (χ0n) is 10.9. The van der Waals surface area contributed by atoms with Gasteiger partial charge < -0.3 is 5.73 Å². The van der Waals surface area contributed by atoms with E-state index < -0.39 is 30.7 Å². The van der Waals surface area contributed by atoms with E-state index >= 15 is 0 Å². The summed E-state index contributed by atoms with van der Waals surface area (Å²) >= 11 is 0. The van der Waals surface area contributed by atoms with Gasteiger partial charge in [-0.25, -0.2) is 0 Å². The van der Waals surface area contributed by atoms with Crippen molar-refractivity contribution in [2.45, 2.75) is 38.7 Å². The first-order valence-corrected chi connectivity index (χ1v) is 5.88. The van der Waals surface area contributed by atoms with Gasteiger partial charge in [0.1, 0.15) is 0 Å². The van der Waals surface area contributed by atoms with Crippen molar-refractivity contribution < 1.29 is 26.3 Å². The number of rotatable bonds is 3. The molecule has 20 heavy (non-hydrogen) atoms. The normalized spacial score (nSPS) is 14.7. The maximum absolute atomic E-state index is 12.5. The quantitative estimate of drug-likeness (QED) is 0.841. The Bertz CT molecular complexity index is 449. The molecule has 0 amide bonds. The Balaban J connectivity index is 3.03. The van der Waals surface area contributed by atoms with Gasteiger partial charge in [-0.05, 0) is 31.4 Å². The van der Waals surface area contributed by atoms with Crippen LogP contribution in [0.5, 0.6) is 0 Å². The van der Waals surface area contributed by atoms with Crippen LogP contribution in [-0.2, 0) is 6.42 Å². The topological polar surface area (TPSA) is 26.0 Å². The van der Waals surface area contributed by atoms with Crippen molar-refractivity contribution in [3.8, 4) is 0 Å². The fraction of sp³-hybridized carbons (Fsp3) is 0.538. The van der Waals surface area contributed by atoms with Crippen molar-refractivity contribution in [3.05, 3.63) is 34.9 Å². The van der Waals surface area contributed by atoms with Gasteiger partial charge in [0.15, 0.2) is 5.92 Å². The first-order chi connectivity index (χ1) is 8.93. The third kappa shape index (κ3) is 4.13. The zero-order valence-corrected chi connectivity index (χ0v) is 10.9. The molecule has 0 saturated heterocycles. The number of alkyl halides is 6. The summed E-state index contributed by atoms with van der Waals surface area (Å²) in [7, 11) is 0. The van der Waals surface area contributed by atoms with Gasteiger partial charge in [-0.2, -0.15) is 26.3 Å². The highest BCUT2D eigenvalue weighted by molar-refractivity contribution is 5.31. The average Bonchev–Trinajstić information content (AvgIpc) is 2.18. The molecule has 1 aromatic rings. The molecule has 0 aliphatic carbocycles. The summed E-state index contributed by atoms with van der Waals surface area (Å²) in [6.45, 7) is 3.33. The molecule has 0 aliphatic rings. The fourth-order valence-electron chi connectivity index (χ4n) is 2.06. The number of benzene rings is 1. The summed E-state index contributed by atoms with van der Waals surface area (Å²) in [5, 5.41) is 0. The molecule has 0 aliphatic heterocycles. The molecule has 0 aromatic heterocycles. The summed E-state index contributed by atoms with van der Waals surface area (Å²) in [6.07, 6.45) is -11.3. The minimum Gasteiger partial charge on any atom is -0.327 e. The van der Waals surface area contributed by atoms with Crippen LogP contribution in [-0.4, -0.2) is 18.4 Å². The first kappa shape index (κ1) is 16.8. The van der Waals surface area contributed by atoms with E-state index in [9.17, 15) is 26.3 Å². The van der Waals surface area contributed by atoms with Gasteiger partial charge in [-0.3, -0.25) is 0 Å². The van der Waals surface area contributed by atoms with E-state index in [0.717, 1.165) is 5.56 Å². The molecular formula is C13H15F6N. The predicted molar refractivity (Wildman–Crippen MR) is 63.2 cm³/mol. The zero-order chi connectivity index (χ0) is 15.7. The molecule has 0 fully saturated rings. The smallest absolute Gasteiger partial charge is 0.327 e. The van der Waals surface area contributed by atoms with Crippen LogP contribution in [0, 0.1) is 19.8 Å². The SMILES string of the molecule is Cc1ccc(C)c(CC(N)C(C(F)(F)F)C(F)(F)F)c1. The molecule has 1 rings (SSSR count). The van der Waals surface area contributed by atoms with Gasteiger partial charge in [0.2, 0.25) is 0 Å². The van der Waals surface area contributed by atoms with Gasteiger partial charge in [0.05, 0.1) is 0 Å². The maximum Gasteiger partial charge on any atom is 0.402 e. The van der Waals surface area contributed by atoms with E-state index in [1.807, 2.05) is 0 Å². The second-order valence-electron chi connectivity index (χ2n) is 4.86. The molecule has 7 heteroatoms. The Kier molecular flexibility index (Phi) is 4.74. The van der Waals surface area contributed by atoms with E-state index in [2.05, 4.69) is 0 Å². The van der Waals surface area contributed by atoms with Crippen molar-refractivity contribution >= 4 is 0 Å². The Morgan fingerprint density at radius 3 is 1.95 bits per heavy atom. The van der Waals surface area contributed by atoms with Crippen molar-refractivity contribution in [2.24, 2.45) is 11.7 Å². The molecule has 1 atom stereocenters. The van der Waals surface area contributed by atoms with Crippen LogP contribution in [0.25, 0.3) is 0 Å². The minimum absolute atomic E-state index is 0.399. The molecule has 0 spiro atoms. The summed E-state index contributed by atoms with van der Waals surface area (Å²) in [5.74, 6) is -3.52. The number of halogens is 6. The van der Waals surface area contributed by atoms with Gasteiger partial charge in [0.25, 0.3) is 0 Å². The monoisotopic (exact) mass is 299 g/mol. The lowest BCUT2D eigenvalue weighted by molar-refractivity contribution is -0.289. The molecule has 0 bridgehead atoms. The van der Waals surface area contributed by atoms with E-state index in [-0.39, 0.29) is 0 Å². The highest BCUT2D eigenvalue weighted by Gasteiger charge is 2.59. The highest BCUT2D eigenvalue weighted by Crippen LogP contribution is 2.41. The number of aryl methyl sites for hydroxylation is 2. The third-order valence-corrected chi connectivity index (χ3v) is 3.09. The largest absolute Gasteiger partial charge is 0.402 e. The van der Waals surface area contributed by atoms with Crippen molar-refractivity contribution in [1.29, 1.82) is 0 Å². The van der Waals surface area contributed by atoms with Gasteiger partial charge in [-0.15, -0.1) is 0 Å². The van der Waals surface area contributed by atoms with E-state index in [0.29, 0.717) is 11.1 Å². The number of hydrogen-bond acceptors (Lipinski definition) is 1. The van der Waals surface area contributed by atoms with Crippen molar-refractivity contribution in [2.75, 3.05) is 0 Å². The second kappa shape index (κ2) is 5.63. The minimum atomic E-state index is -5.41. The van der Waals surface area contributed by atoms with Gasteiger partial charge in [-0.1, -0.05) is 23.8 Å². The lowest BCUT2D eigenvalue weighted by atomic mass is 9.90. The predicted octanol–water partition coefficient (Wildman–Crippen LogP) is 3.91. The van der Waals surface area contributed by atoms with Crippen LogP contribution < -0.4 is 5.73 Å². The van der Waals surface area contributed by atoms with Crippen molar-refractivity contribution in [1.82, 2.24) is 0 Å². The first-order valence-electron chi connectivity index (χ1n) is 5.88. The van der Waals surface area contributed by atoms with Crippen molar-refractivity contribution in [3.63, 3.8) is 0 Å². The molecule has 0 saturated carbocycles. The summed E-state index contributed by atoms with van der Waals surface area (Å²) in [6, 6.07) is 2.87. The lowest BCUT2D eigenvalue weighted by Gasteiger charge is -2.28. The Morgan fingerprint density at radius 2 is 1.50 bits per heavy atom. The molecule has 1 nitrogen and oxygen atoms in total. The Morgan fingerprint density at radius 1 is 1.00 bits per heavy atom. The molecule has 1 aromatic carbocycles. The van der Waals surface area contributed by atoms with Crippen LogP contribution in [0.1, 0.15) is 16.7 Å². The molecule has 2 N–H and O–H groups in total. The molecule has 0 radical (unpaired) electrons. The van der Waals surface area contributed by atoms with Gasteiger partial charge in [0, 0.05) is 6.04 Å². The molecule has 114 valence electrons. The average molecular weight is 299 g/mol. The van der Waals surface area contributed by atoms with Crippen LogP contribution in [0.15, 0.2) is 18.2 Å². The fourth-order valence-corrected chi connectivity index (χ4v) is 2.06. The van der Waals surface area contributed by atoms with Crippen LogP contribution >= 0.6 is 0 Å². The number of nitrogens with two attached hydrogens (primary N) is 1. The second-order valence-corrected chi connectivity index (χ2v) is 4.86. The number of hydrogen-bond donors (Lipinski definition) is 1. The summed E-state index contributed by atoms with van der Waals surface area (Å²) < 4.78 is 75.3. The van der Waals surface area contributed by atoms with Gasteiger partial charge >= 0.3 is 12.4 Å². The Hall–Kier alpha value is -1.24. The highest BCUT2D eigenvalue weighted by atomic mass is 19.4. The molecule has 0 heterocycles. The lowest BCUT2D eigenvalue weighted by Crippen LogP contribution is -2.49. The summed E-state index contributed by atoms with van der Waals surface area (Å²) in [5.41, 5.74) is 6.98. The third-order valence-electron chi connectivity index (χ3n) is 3.09. The molecule has 1 unspecified atom stereocenters. The molecular weight excluding hydrogens is 284 g/mol. The van der Waals surface area contributed by atoms with Crippen LogP contribution in [0.4, 0.5) is 26.3 Å². The Labute approximate surface area is 112 Å². The van der Waals surface area contributed by atoms with E-state index in [1.54, 1.807) is 32.0 Å². The van der Waals surface area contributed by atoms with Crippen LogP contribution in [0.2, 0.25) is 0 Å². The standard InChI is InChI=1S/C13H15F6N/c1-7-3-4-8(2)9(5-7)6-10(20)11(12(14,15)16)13(17,18)19/h3-5,10-11H,6,20H2,1-2H3. The van der Waals surface area contributed by atoms with E-state index in [1.165, 1.54) is 0 Å². The maximum atomic E-state index is 12.5.